The molecule has 0 aliphatic rings. The van der Waals surface area contributed by atoms with Crippen molar-refractivity contribution in [1.82, 2.24) is 25.6 Å². The lowest BCUT2D eigenvalue weighted by Crippen LogP contribution is -2.51. The number of nitrogens with one attached hydrogen (secondary N) is 3. The van der Waals surface area contributed by atoms with Gasteiger partial charge in [-0.2, -0.15) is 0 Å². The van der Waals surface area contributed by atoms with Crippen LogP contribution >= 0.6 is 0 Å². The highest BCUT2D eigenvalue weighted by atomic mass is 16.6. The summed E-state index contributed by atoms with van der Waals surface area (Å²) in [7, 11) is 0. The van der Waals surface area contributed by atoms with E-state index in [1.807, 2.05) is 0 Å². The van der Waals surface area contributed by atoms with Crippen LogP contribution in [-0.4, -0.2) is 103 Å². The van der Waals surface area contributed by atoms with Crippen LogP contribution in [0.25, 0.3) is 0 Å². The van der Waals surface area contributed by atoms with Crippen LogP contribution in [0.2, 0.25) is 0 Å². The third-order valence-corrected chi connectivity index (χ3v) is 6.14. The minimum Gasteiger partial charge on any atom is -0.481 e. The van der Waals surface area contributed by atoms with Gasteiger partial charge in [0.15, 0.2) is 0 Å². The highest BCUT2D eigenvalue weighted by molar-refractivity contribution is 5.86. The van der Waals surface area contributed by atoms with E-state index in [0.717, 1.165) is 12.1 Å². The number of benzene rings is 1. The zero-order valence-electron chi connectivity index (χ0n) is 24.4. The predicted octanol–water partition coefficient (Wildman–Crippen LogP) is 0.981. The van der Waals surface area contributed by atoms with Gasteiger partial charge in [-0.15, -0.1) is 5.10 Å². The summed E-state index contributed by atoms with van der Waals surface area (Å²) in [4.78, 5) is 66.0. The average molecular weight is 655 g/mol. The molecule has 2 rings (SSSR count). The van der Waals surface area contributed by atoms with Crippen molar-refractivity contribution >= 4 is 41.0 Å². The summed E-state index contributed by atoms with van der Waals surface area (Å²) in [5.74, 6) is -4.00. The van der Waals surface area contributed by atoms with Gasteiger partial charge in [0.1, 0.15) is 23.5 Å². The maximum atomic E-state index is 12.1. The molecule has 2 atom stereocenters. The largest absolute Gasteiger partial charge is 0.481 e. The van der Waals surface area contributed by atoms with Crippen molar-refractivity contribution in [3.63, 3.8) is 0 Å². The number of ether oxygens (including phenoxy) is 2. The van der Waals surface area contributed by atoms with Crippen molar-refractivity contribution in [1.29, 1.82) is 0 Å². The molecule has 0 aliphatic carbocycles. The lowest BCUT2D eigenvalue weighted by atomic mass is 10.1. The number of nitro groups is 2. The quantitative estimate of drug-likeness (QED) is 0.0552. The summed E-state index contributed by atoms with van der Waals surface area (Å²) < 4.78 is 12.4. The molecule has 21 heteroatoms. The number of carbonyl (C=O) groups excluding carboxylic acids is 1. The topological polar surface area (TPSA) is 301 Å². The molecule has 6 N–H and O–H groups in total. The van der Waals surface area contributed by atoms with Crippen molar-refractivity contribution in [3.05, 3.63) is 50.3 Å². The number of hydrogen-bond acceptors (Lipinski definition) is 13. The molecule has 0 aliphatic heterocycles. The van der Waals surface area contributed by atoms with Gasteiger partial charge in [-0.05, 0) is 31.7 Å². The van der Waals surface area contributed by atoms with Crippen LogP contribution in [0.15, 0.2) is 24.4 Å². The Morgan fingerprint density at radius 3 is 2.22 bits per heavy atom. The van der Waals surface area contributed by atoms with E-state index < -0.39 is 58.0 Å². The standard InChI is InChI=1S/C25H34N8O13/c34-22(35)7-6-20(24(38)39)28-25(40)27-19(23(36)37)3-1-2-9-31-14-16(29-30-31)15-46-12-11-45-10-8-26-18-5-4-17(32(41)42)13-21(18)33(43)44/h4-5,13-14,19-20,26H,1-3,6-12,15H2,(H,34,35)(H,36,37)(H,38,39)(H2,27,28,40)/t19-,20?/m0/s1. The summed E-state index contributed by atoms with van der Waals surface area (Å²) in [5, 5.41) is 64.2. The van der Waals surface area contributed by atoms with Crippen LogP contribution < -0.4 is 16.0 Å². The third-order valence-electron chi connectivity index (χ3n) is 6.14. The molecule has 46 heavy (non-hydrogen) atoms. The number of carbonyl (C=O) groups is 4. The Hall–Kier alpha value is -5.44. The second-order valence-electron chi connectivity index (χ2n) is 9.61. The predicted molar refractivity (Wildman–Crippen MR) is 154 cm³/mol. The van der Waals surface area contributed by atoms with E-state index in [9.17, 15) is 44.5 Å². The van der Waals surface area contributed by atoms with Crippen molar-refractivity contribution in [2.24, 2.45) is 0 Å². The van der Waals surface area contributed by atoms with E-state index in [2.05, 4.69) is 26.3 Å². The molecular weight excluding hydrogens is 620 g/mol. The smallest absolute Gasteiger partial charge is 0.326 e. The number of non-ortho nitro benzene ring substituents is 1. The first kappa shape index (κ1) is 36.8. The second kappa shape index (κ2) is 19.1. The Morgan fingerprint density at radius 1 is 0.913 bits per heavy atom. The molecule has 0 spiro atoms. The van der Waals surface area contributed by atoms with E-state index in [1.54, 1.807) is 6.20 Å². The maximum Gasteiger partial charge on any atom is 0.326 e. The van der Waals surface area contributed by atoms with Crippen LogP contribution in [0.5, 0.6) is 0 Å². The van der Waals surface area contributed by atoms with Gasteiger partial charge in [0, 0.05) is 25.6 Å². The van der Waals surface area contributed by atoms with Crippen molar-refractivity contribution in [2.75, 3.05) is 31.7 Å². The van der Waals surface area contributed by atoms with Crippen LogP contribution in [0.3, 0.4) is 0 Å². The molecule has 1 heterocycles. The molecule has 1 aromatic heterocycles. The number of carboxylic acids is 3. The van der Waals surface area contributed by atoms with Crippen LogP contribution in [0.4, 0.5) is 21.9 Å². The number of aryl methyl sites for hydroxylation is 1. The van der Waals surface area contributed by atoms with E-state index in [0.29, 0.717) is 25.1 Å². The Morgan fingerprint density at radius 2 is 1.59 bits per heavy atom. The van der Waals surface area contributed by atoms with Gasteiger partial charge < -0.3 is 40.7 Å². The second-order valence-corrected chi connectivity index (χ2v) is 9.61. The first-order chi connectivity index (χ1) is 21.9. The summed E-state index contributed by atoms with van der Waals surface area (Å²) in [6.45, 7) is 1.36. The number of amides is 2. The number of anilines is 1. The van der Waals surface area contributed by atoms with Gasteiger partial charge in [-0.25, -0.2) is 14.4 Å². The minimum atomic E-state index is -1.49. The van der Waals surface area contributed by atoms with Gasteiger partial charge in [0.05, 0.1) is 48.5 Å². The van der Waals surface area contributed by atoms with Gasteiger partial charge in [0.25, 0.3) is 11.4 Å². The zero-order valence-corrected chi connectivity index (χ0v) is 24.4. The highest BCUT2D eigenvalue weighted by Crippen LogP contribution is 2.28. The van der Waals surface area contributed by atoms with Crippen molar-refractivity contribution < 1.29 is 53.8 Å². The molecule has 0 fully saturated rings. The SMILES string of the molecule is O=C(O)CCC(NC(=O)N[C@@H](CCCCn1cc(COCCOCCNc2ccc([N+](=O)[O-])cc2[N+](=O)[O-])nn1)C(=O)O)C(=O)O. The molecule has 1 unspecified atom stereocenters. The number of nitrogens with zero attached hydrogens (tertiary/aromatic N) is 5. The van der Waals surface area contributed by atoms with Gasteiger partial charge in [0.2, 0.25) is 0 Å². The van der Waals surface area contributed by atoms with Crippen LogP contribution in [0, 0.1) is 20.2 Å². The van der Waals surface area contributed by atoms with E-state index in [4.69, 9.17) is 19.7 Å². The molecule has 2 amide bonds. The zero-order chi connectivity index (χ0) is 34.1. The van der Waals surface area contributed by atoms with Gasteiger partial charge in [-0.3, -0.25) is 29.7 Å². The summed E-state index contributed by atoms with van der Waals surface area (Å²) in [6.07, 6.45) is 1.68. The molecule has 252 valence electrons. The highest BCUT2D eigenvalue weighted by Gasteiger charge is 2.25. The summed E-state index contributed by atoms with van der Waals surface area (Å²) >= 11 is 0. The Balaban J connectivity index is 1.62. The number of aliphatic carboxylic acids is 3. The summed E-state index contributed by atoms with van der Waals surface area (Å²) in [5.41, 5.74) is -0.150. The fraction of sp³-hybridized carbons (Fsp3) is 0.520. The number of rotatable bonds is 23. The molecular formula is C25H34N8O13. The normalized spacial score (nSPS) is 12.1. The monoisotopic (exact) mass is 654 g/mol. The fourth-order valence-electron chi connectivity index (χ4n) is 3.87. The molecule has 0 saturated heterocycles. The van der Waals surface area contributed by atoms with E-state index in [-0.39, 0.29) is 57.2 Å². The van der Waals surface area contributed by atoms with Gasteiger partial charge in [-0.1, -0.05) is 5.21 Å². The molecule has 0 bridgehead atoms. The van der Waals surface area contributed by atoms with E-state index in [1.165, 1.54) is 10.7 Å². The van der Waals surface area contributed by atoms with Gasteiger partial charge >= 0.3 is 23.9 Å². The lowest BCUT2D eigenvalue weighted by molar-refractivity contribution is -0.393. The molecule has 1 aromatic carbocycles. The number of carboxylic acid groups (broad SMARTS) is 3. The van der Waals surface area contributed by atoms with Crippen LogP contribution in [-0.2, 0) is 37.0 Å². The Bertz CT molecular complexity index is 1370. The average Bonchev–Trinajstić information content (AvgIpc) is 3.45. The molecule has 21 nitrogen and oxygen atoms in total. The van der Waals surface area contributed by atoms with Crippen molar-refractivity contribution in [2.45, 2.75) is 57.3 Å². The Labute approximate surface area is 260 Å². The lowest BCUT2D eigenvalue weighted by Gasteiger charge is -2.18. The first-order valence-corrected chi connectivity index (χ1v) is 13.8. The van der Waals surface area contributed by atoms with E-state index >= 15 is 0 Å². The summed E-state index contributed by atoms with van der Waals surface area (Å²) in [6, 6.07) is -0.537. The van der Waals surface area contributed by atoms with Crippen LogP contribution in [0.1, 0.15) is 37.8 Å². The number of nitro benzene ring substituents is 2. The fourth-order valence-corrected chi connectivity index (χ4v) is 3.87. The molecule has 0 radical (unpaired) electrons. The van der Waals surface area contributed by atoms with Crippen molar-refractivity contribution in [3.8, 4) is 0 Å². The molecule has 0 saturated carbocycles. The number of aromatic nitrogens is 3. The number of unbranched alkanes of at least 4 members (excludes halogenated alkanes) is 1. The Kier molecular flexibility index (Phi) is 15.2. The molecule has 2 aromatic rings. The number of hydrogen-bond donors (Lipinski definition) is 6. The third kappa shape index (κ3) is 13.5. The first-order valence-electron chi connectivity index (χ1n) is 13.8. The minimum absolute atomic E-state index is 0.0422. The number of urea groups is 1. The maximum absolute atomic E-state index is 12.1.